The van der Waals surface area contributed by atoms with Crippen LogP contribution in [0.3, 0.4) is 0 Å². The van der Waals surface area contributed by atoms with Gasteiger partial charge in [-0.1, -0.05) is 30.3 Å². The standard InChI is InChI=1S/C22H21FN2O4/c1-13(16-9-11-18(23)12-10-16)24-20(26)15(3)29-22(27)19-14(2)28-21(25-19)17-7-5-4-6-8-17/h4-13,15H,1-3H3,(H,24,26)/t13-,15+/m1/s1. The lowest BCUT2D eigenvalue weighted by atomic mass is 10.1. The molecule has 0 saturated heterocycles. The minimum atomic E-state index is -1.04. The van der Waals surface area contributed by atoms with E-state index in [0.717, 1.165) is 11.1 Å². The van der Waals surface area contributed by atoms with Crippen LogP contribution in [0, 0.1) is 12.7 Å². The number of hydrogen-bond donors (Lipinski definition) is 1. The summed E-state index contributed by atoms with van der Waals surface area (Å²) in [4.78, 5) is 29.0. The molecule has 0 unspecified atom stereocenters. The summed E-state index contributed by atoms with van der Waals surface area (Å²) < 4.78 is 23.8. The van der Waals surface area contributed by atoms with E-state index in [4.69, 9.17) is 9.15 Å². The maximum absolute atomic E-state index is 13.0. The first-order valence-corrected chi connectivity index (χ1v) is 9.15. The van der Waals surface area contributed by atoms with Crippen LogP contribution in [0.4, 0.5) is 4.39 Å². The maximum atomic E-state index is 13.0. The van der Waals surface area contributed by atoms with Gasteiger partial charge < -0.3 is 14.5 Å². The molecule has 29 heavy (non-hydrogen) atoms. The van der Waals surface area contributed by atoms with Crippen LogP contribution in [0.5, 0.6) is 0 Å². The number of carbonyl (C=O) groups is 2. The number of rotatable bonds is 6. The summed E-state index contributed by atoms with van der Waals surface area (Å²) >= 11 is 0. The zero-order valence-electron chi connectivity index (χ0n) is 16.3. The van der Waals surface area contributed by atoms with E-state index in [0.29, 0.717) is 11.7 Å². The third kappa shape index (κ3) is 4.87. The minimum Gasteiger partial charge on any atom is -0.448 e. The van der Waals surface area contributed by atoms with Crippen molar-refractivity contribution in [2.45, 2.75) is 32.9 Å². The Bertz CT molecular complexity index is 999. The molecule has 0 radical (unpaired) electrons. The predicted octanol–water partition coefficient (Wildman–Crippen LogP) is 4.21. The number of oxazole rings is 1. The molecule has 1 aromatic heterocycles. The molecule has 3 aromatic rings. The molecule has 2 atom stereocenters. The molecule has 0 aliphatic heterocycles. The highest BCUT2D eigenvalue weighted by Crippen LogP contribution is 2.22. The lowest BCUT2D eigenvalue weighted by Gasteiger charge is -2.18. The van der Waals surface area contributed by atoms with Crippen LogP contribution in [0.1, 0.15) is 41.7 Å². The van der Waals surface area contributed by atoms with E-state index in [1.807, 2.05) is 30.3 Å². The molecule has 2 aromatic carbocycles. The molecule has 1 heterocycles. The van der Waals surface area contributed by atoms with Crippen LogP contribution in [-0.4, -0.2) is 23.0 Å². The van der Waals surface area contributed by atoms with Gasteiger partial charge in [0.25, 0.3) is 5.91 Å². The first-order valence-electron chi connectivity index (χ1n) is 9.15. The van der Waals surface area contributed by atoms with E-state index in [9.17, 15) is 14.0 Å². The summed E-state index contributed by atoms with van der Waals surface area (Å²) in [6.45, 7) is 4.84. The molecule has 0 bridgehead atoms. The Balaban J connectivity index is 1.63. The second-order valence-corrected chi connectivity index (χ2v) is 6.62. The summed E-state index contributed by atoms with van der Waals surface area (Å²) in [7, 11) is 0. The number of amides is 1. The molecule has 0 saturated carbocycles. The lowest BCUT2D eigenvalue weighted by molar-refractivity contribution is -0.129. The van der Waals surface area contributed by atoms with Gasteiger partial charge in [0.2, 0.25) is 5.89 Å². The summed E-state index contributed by atoms with van der Waals surface area (Å²) in [6, 6.07) is 14.6. The van der Waals surface area contributed by atoms with Gasteiger partial charge >= 0.3 is 5.97 Å². The van der Waals surface area contributed by atoms with Gasteiger partial charge in [-0.25, -0.2) is 14.2 Å². The average Bonchev–Trinajstić information content (AvgIpc) is 3.11. The molecule has 0 aliphatic carbocycles. The SMILES string of the molecule is Cc1oc(-c2ccccc2)nc1C(=O)O[C@@H](C)C(=O)N[C@H](C)c1ccc(F)cc1. The summed E-state index contributed by atoms with van der Waals surface area (Å²) in [5.41, 5.74) is 1.49. The van der Waals surface area contributed by atoms with Crippen LogP contribution in [0.25, 0.3) is 11.5 Å². The number of aromatic nitrogens is 1. The molecule has 1 N–H and O–H groups in total. The molecule has 1 amide bonds. The van der Waals surface area contributed by atoms with Crippen LogP contribution < -0.4 is 5.32 Å². The number of esters is 1. The molecule has 3 rings (SSSR count). The second kappa shape index (κ2) is 8.68. The van der Waals surface area contributed by atoms with Crippen molar-refractivity contribution < 1.29 is 23.1 Å². The summed E-state index contributed by atoms with van der Waals surface area (Å²) in [6.07, 6.45) is -1.04. The normalized spacial score (nSPS) is 12.8. The van der Waals surface area contributed by atoms with Gasteiger partial charge in [0.15, 0.2) is 11.8 Å². The van der Waals surface area contributed by atoms with Crippen molar-refractivity contribution in [1.29, 1.82) is 0 Å². The maximum Gasteiger partial charge on any atom is 0.361 e. The first-order chi connectivity index (χ1) is 13.8. The predicted molar refractivity (Wildman–Crippen MR) is 105 cm³/mol. The summed E-state index contributed by atoms with van der Waals surface area (Å²) in [5.74, 6) is -0.962. The van der Waals surface area contributed by atoms with Crippen LogP contribution >= 0.6 is 0 Å². The van der Waals surface area contributed by atoms with Crippen molar-refractivity contribution in [3.8, 4) is 11.5 Å². The molecule has 0 fully saturated rings. The Morgan fingerprint density at radius 2 is 1.72 bits per heavy atom. The highest BCUT2D eigenvalue weighted by molar-refractivity contribution is 5.91. The fraction of sp³-hybridized carbons (Fsp3) is 0.227. The zero-order valence-corrected chi connectivity index (χ0v) is 16.3. The number of hydrogen-bond acceptors (Lipinski definition) is 5. The average molecular weight is 396 g/mol. The monoisotopic (exact) mass is 396 g/mol. The Hall–Kier alpha value is -3.48. The Morgan fingerprint density at radius 3 is 2.38 bits per heavy atom. The highest BCUT2D eigenvalue weighted by Gasteiger charge is 2.25. The largest absolute Gasteiger partial charge is 0.448 e. The fourth-order valence-electron chi connectivity index (χ4n) is 2.73. The third-order valence-electron chi connectivity index (χ3n) is 4.39. The van der Waals surface area contributed by atoms with Crippen molar-refractivity contribution in [2.75, 3.05) is 0 Å². The Morgan fingerprint density at radius 1 is 1.07 bits per heavy atom. The van der Waals surface area contributed by atoms with Crippen molar-refractivity contribution in [3.63, 3.8) is 0 Å². The number of ether oxygens (including phenoxy) is 1. The molecular formula is C22H21FN2O4. The lowest BCUT2D eigenvalue weighted by Crippen LogP contribution is -2.37. The van der Waals surface area contributed by atoms with Gasteiger partial charge in [-0.05, 0) is 50.6 Å². The van der Waals surface area contributed by atoms with Gasteiger partial charge in [-0.15, -0.1) is 0 Å². The van der Waals surface area contributed by atoms with E-state index in [1.54, 1.807) is 26.0 Å². The minimum absolute atomic E-state index is 0.0232. The summed E-state index contributed by atoms with van der Waals surface area (Å²) in [5, 5.41) is 2.74. The fourth-order valence-corrected chi connectivity index (χ4v) is 2.73. The van der Waals surface area contributed by atoms with Crippen molar-refractivity contribution >= 4 is 11.9 Å². The smallest absolute Gasteiger partial charge is 0.361 e. The quantitative estimate of drug-likeness (QED) is 0.631. The van der Waals surface area contributed by atoms with Crippen molar-refractivity contribution in [1.82, 2.24) is 10.3 Å². The van der Waals surface area contributed by atoms with Crippen LogP contribution in [0.2, 0.25) is 0 Å². The van der Waals surface area contributed by atoms with Gasteiger partial charge in [0.1, 0.15) is 11.6 Å². The molecule has 7 heteroatoms. The topological polar surface area (TPSA) is 81.4 Å². The molecule has 150 valence electrons. The van der Waals surface area contributed by atoms with Gasteiger partial charge in [-0.3, -0.25) is 4.79 Å². The third-order valence-corrected chi connectivity index (χ3v) is 4.39. The van der Waals surface area contributed by atoms with Gasteiger partial charge in [-0.2, -0.15) is 0 Å². The van der Waals surface area contributed by atoms with Crippen molar-refractivity contribution in [3.05, 3.63) is 77.4 Å². The second-order valence-electron chi connectivity index (χ2n) is 6.62. The highest BCUT2D eigenvalue weighted by atomic mass is 19.1. The van der Waals surface area contributed by atoms with E-state index < -0.39 is 18.0 Å². The van der Waals surface area contributed by atoms with E-state index >= 15 is 0 Å². The van der Waals surface area contributed by atoms with E-state index in [-0.39, 0.29) is 17.6 Å². The molecule has 0 aliphatic rings. The first kappa shape index (κ1) is 20.3. The number of halogens is 1. The number of nitrogens with zero attached hydrogens (tertiary/aromatic N) is 1. The number of nitrogens with one attached hydrogen (secondary N) is 1. The van der Waals surface area contributed by atoms with E-state index in [2.05, 4.69) is 10.3 Å². The van der Waals surface area contributed by atoms with Crippen LogP contribution in [-0.2, 0) is 9.53 Å². The molecular weight excluding hydrogens is 375 g/mol. The number of benzene rings is 2. The Kier molecular flexibility index (Phi) is 6.07. The molecule has 6 nitrogen and oxygen atoms in total. The number of carbonyl (C=O) groups excluding carboxylic acids is 2. The van der Waals surface area contributed by atoms with E-state index in [1.165, 1.54) is 19.1 Å². The van der Waals surface area contributed by atoms with Gasteiger partial charge in [0.05, 0.1) is 6.04 Å². The van der Waals surface area contributed by atoms with Gasteiger partial charge in [0, 0.05) is 5.56 Å². The number of aryl methyl sites for hydroxylation is 1. The molecule has 0 spiro atoms. The van der Waals surface area contributed by atoms with Crippen LogP contribution in [0.15, 0.2) is 59.0 Å². The zero-order chi connectivity index (χ0) is 21.0. The van der Waals surface area contributed by atoms with Crippen molar-refractivity contribution in [2.24, 2.45) is 0 Å². The Labute approximate surface area is 167 Å².